The molecule has 0 amide bonds. The zero-order valence-corrected chi connectivity index (χ0v) is 11.9. The van der Waals surface area contributed by atoms with Gasteiger partial charge in [0.1, 0.15) is 5.82 Å². The minimum atomic E-state index is -2.90. The second-order valence-electron chi connectivity index (χ2n) is 4.74. The number of halogens is 1. The highest BCUT2D eigenvalue weighted by Crippen LogP contribution is 2.14. The Morgan fingerprint density at radius 3 is 2.60 bits per heavy atom. The third-order valence-electron chi connectivity index (χ3n) is 3.22. The first kappa shape index (κ1) is 15.0. The molecule has 0 spiro atoms. The molecule has 1 saturated heterocycles. The molecule has 6 heteroatoms. The Balaban J connectivity index is 2.03. The number of rotatable bonds is 2. The Morgan fingerprint density at radius 1 is 1.30 bits per heavy atom. The molecule has 0 aliphatic carbocycles. The van der Waals surface area contributed by atoms with Gasteiger partial charge in [0.25, 0.3) is 0 Å². The lowest BCUT2D eigenvalue weighted by Crippen LogP contribution is -2.39. The lowest BCUT2D eigenvalue weighted by atomic mass is 10.1. The van der Waals surface area contributed by atoms with Crippen molar-refractivity contribution in [3.63, 3.8) is 0 Å². The van der Waals surface area contributed by atoms with E-state index >= 15 is 0 Å². The van der Waals surface area contributed by atoms with Gasteiger partial charge in [-0.1, -0.05) is 17.9 Å². The fourth-order valence-corrected chi connectivity index (χ4v) is 3.33. The summed E-state index contributed by atoms with van der Waals surface area (Å²) in [6, 6.07) is 4.83. The van der Waals surface area contributed by atoms with Gasteiger partial charge < -0.3 is 5.73 Å². The third kappa shape index (κ3) is 4.04. The number of nitrogens with zero attached hydrogens (tertiary/aromatic N) is 1. The molecule has 1 fully saturated rings. The molecule has 0 saturated carbocycles. The first-order valence-electron chi connectivity index (χ1n) is 6.40. The molecule has 0 bridgehead atoms. The Hall–Kier alpha value is -1.42. The summed E-state index contributed by atoms with van der Waals surface area (Å²) in [6.45, 7) is 1.57. The molecule has 1 aliphatic heterocycles. The zero-order valence-electron chi connectivity index (χ0n) is 11.1. The van der Waals surface area contributed by atoms with Crippen molar-refractivity contribution in [2.45, 2.75) is 6.54 Å². The number of nitrogens with two attached hydrogens (primary N) is 1. The van der Waals surface area contributed by atoms with Gasteiger partial charge in [0.05, 0.1) is 18.1 Å². The van der Waals surface area contributed by atoms with Gasteiger partial charge in [-0.25, -0.2) is 12.8 Å². The molecule has 0 atom stereocenters. The van der Waals surface area contributed by atoms with E-state index in [4.69, 9.17) is 5.73 Å². The Bertz CT molecular complexity index is 633. The summed E-state index contributed by atoms with van der Waals surface area (Å²) in [6.07, 6.45) is 0. The zero-order chi connectivity index (χ0) is 14.6. The van der Waals surface area contributed by atoms with Crippen molar-refractivity contribution in [1.82, 2.24) is 4.90 Å². The van der Waals surface area contributed by atoms with Crippen molar-refractivity contribution >= 4 is 9.84 Å². The Kier molecular flexibility index (Phi) is 4.76. The number of benzene rings is 1. The van der Waals surface area contributed by atoms with E-state index in [-0.39, 0.29) is 23.9 Å². The molecule has 4 nitrogen and oxygen atoms in total. The molecule has 1 aliphatic rings. The van der Waals surface area contributed by atoms with Crippen LogP contribution in [0.3, 0.4) is 0 Å². The maximum atomic E-state index is 13.9. The molecular formula is C14H17FN2O2S. The summed E-state index contributed by atoms with van der Waals surface area (Å²) >= 11 is 0. The van der Waals surface area contributed by atoms with Crippen molar-refractivity contribution in [3.05, 3.63) is 35.1 Å². The van der Waals surface area contributed by atoms with Gasteiger partial charge in [-0.05, 0) is 12.1 Å². The molecule has 2 rings (SSSR count). The van der Waals surface area contributed by atoms with Crippen LogP contribution in [0.4, 0.5) is 4.39 Å². The van der Waals surface area contributed by atoms with Gasteiger partial charge in [0.15, 0.2) is 9.84 Å². The van der Waals surface area contributed by atoms with Crippen LogP contribution in [0.2, 0.25) is 0 Å². The topological polar surface area (TPSA) is 63.4 Å². The first-order chi connectivity index (χ1) is 9.50. The highest BCUT2D eigenvalue weighted by molar-refractivity contribution is 7.91. The minimum Gasteiger partial charge on any atom is -0.320 e. The third-order valence-corrected chi connectivity index (χ3v) is 4.83. The van der Waals surface area contributed by atoms with E-state index in [2.05, 4.69) is 11.8 Å². The largest absolute Gasteiger partial charge is 0.320 e. The molecule has 108 valence electrons. The van der Waals surface area contributed by atoms with E-state index in [0.717, 1.165) is 0 Å². The predicted molar refractivity (Wildman–Crippen MR) is 76.3 cm³/mol. The van der Waals surface area contributed by atoms with E-state index in [1.165, 1.54) is 6.07 Å². The van der Waals surface area contributed by atoms with Crippen molar-refractivity contribution < 1.29 is 12.8 Å². The van der Waals surface area contributed by atoms with Gasteiger partial charge in [0.2, 0.25) is 0 Å². The van der Waals surface area contributed by atoms with Crippen LogP contribution < -0.4 is 5.73 Å². The smallest absolute Gasteiger partial charge is 0.152 e. The van der Waals surface area contributed by atoms with Crippen LogP contribution in [0.1, 0.15) is 11.1 Å². The first-order valence-corrected chi connectivity index (χ1v) is 8.22. The van der Waals surface area contributed by atoms with Crippen molar-refractivity contribution in [2.24, 2.45) is 5.73 Å². The molecule has 2 N–H and O–H groups in total. The average Bonchev–Trinajstić information content (AvgIpc) is 2.41. The number of sulfone groups is 1. The predicted octanol–water partition coefficient (Wildman–Crippen LogP) is 0.366. The molecular weight excluding hydrogens is 279 g/mol. The molecule has 0 radical (unpaired) electrons. The average molecular weight is 296 g/mol. The summed E-state index contributed by atoms with van der Waals surface area (Å²) in [5.41, 5.74) is 6.42. The fourth-order valence-electron chi connectivity index (χ4n) is 2.06. The highest BCUT2D eigenvalue weighted by atomic mass is 32.2. The van der Waals surface area contributed by atoms with Crippen molar-refractivity contribution in [2.75, 3.05) is 31.1 Å². The summed E-state index contributed by atoms with van der Waals surface area (Å²) in [7, 11) is -2.90. The molecule has 0 aromatic heterocycles. The van der Waals surface area contributed by atoms with Gasteiger partial charge in [-0.2, -0.15) is 0 Å². The summed E-state index contributed by atoms with van der Waals surface area (Å²) < 4.78 is 36.6. The standard InChI is InChI=1S/C14H17FN2O2S/c15-14-10-12(2-1-5-16)3-4-13(14)11-17-6-8-20(18,19)9-7-17/h3-4,10H,5-9,11,16H2. The van der Waals surface area contributed by atoms with Crippen LogP contribution in [-0.4, -0.2) is 44.5 Å². The minimum absolute atomic E-state index is 0.147. The van der Waals surface area contributed by atoms with Crippen LogP contribution >= 0.6 is 0 Å². The number of hydrogen-bond donors (Lipinski definition) is 1. The lowest BCUT2D eigenvalue weighted by Gasteiger charge is -2.26. The lowest BCUT2D eigenvalue weighted by molar-refractivity contribution is 0.283. The quantitative estimate of drug-likeness (QED) is 0.801. The van der Waals surface area contributed by atoms with E-state index in [9.17, 15) is 12.8 Å². The van der Waals surface area contributed by atoms with Gasteiger partial charge in [0, 0.05) is 30.8 Å². The molecule has 1 aromatic carbocycles. The van der Waals surface area contributed by atoms with E-state index in [1.807, 2.05) is 4.90 Å². The van der Waals surface area contributed by atoms with E-state index in [0.29, 0.717) is 30.8 Å². The van der Waals surface area contributed by atoms with Crippen LogP contribution in [0.25, 0.3) is 0 Å². The summed E-state index contributed by atoms with van der Waals surface area (Å²) in [5.74, 6) is 5.43. The van der Waals surface area contributed by atoms with Crippen molar-refractivity contribution in [3.8, 4) is 11.8 Å². The maximum absolute atomic E-state index is 13.9. The maximum Gasteiger partial charge on any atom is 0.152 e. The van der Waals surface area contributed by atoms with E-state index in [1.54, 1.807) is 12.1 Å². The van der Waals surface area contributed by atoms with Crippen LogP contribution in [-0.2, 0) is 16.4 Å². The van der Waals surface area contributed by atoms with Gasteiger partial charge >= 0.3 is 0 Å². The Morgan fingerprint density at radius 2 is 2.00 bits per heavy atom. The molecule has 20 heavy (non-hydrogen) atoms. The monoisotopic (exact) mass is 296 g/mol. The van der Waals surface area contributed by atoms with Crippen LogP contribution in [0, 0.1) is 17.7 Å². The normalized spacial score (nSPS) is 18.3. The van der Waals surface area contributed by atoms with Gasteiger partial charge in [-0.15, -0.1) is 0 Å². The fraction of sp³-hybridized carbons (Fsp3) is 0.429. The second-order valence-corrected chi connectivity index (χ2v) is 7.04. The second kappa shape index (κ2) is 6.35. The van der Waals surface area contributed by atoms with E-state index < -0.39 is 9.84 Å². The molecule has 0 unspecified atom stereocenters. The molecule has 1 heterocycles. The van der Waals surface area contributed by atoms with Crippen LogP contribution in [0.15, 0.2) is 18.2 Å². The van der Waals surface area contributed by atoms with Crippen molar-refractivity contribution in [1.29, 1.82) is 0 Å². The van der Waals surface area contributed by atoms with Gasteiger partial charge in [-0.3, -0.25) is 4.90 Å². The summed E-state index contributed by atoms with van der Waals surface area (Å²) in [5, 5.41) is 0. The molecule has 1 aromatic rings. The SMILES string of the molecule is NCC#Cc1ccc(CN2CCS(=O)(=O)CC2)c(F)c1. The summed E-state index contributed by atoms with van der Waals surface area (Å²) in [4.78, 5) is 1.95. The Labute approximate surface area is 118 Å². The van der Waals surface area contributed by atoms with Crippen LogP contribution in [0.5, 0.6) is 0 Å². The number of hydrogen-bond acceptors (Lipinski definition) is 4. The highest BCUT2D eigenvalue weighted by Gasteiger charge is 2.22.